The lowest BCUT2D eigenvalue weighted by molar-refractivity contribution is -0.137. The summed E-state index contributed by atoms with van der Waals surface area (Å²) < 4.78 is 0. The Balaban J connectivity index is 3.43. The number of unbranched alkanes of at least 4 members (excludes halogenated alkanes) is 5. The average molecular weight is 331 g/mol. The van der Waals surface area contributed by atoms with E-state index in [1.165, 1.54) is 6.42 Å². The highest BCUT2D eigenvalue weighted by molar-refractivity contribution is 5.66. The summed E-state index contributed by atoms with van der Waals surface area (Å²) in [6.45, 7) is 2.18. The number of rotatable bonds is 15. The van der Waals surface area contributed by atoms with E-state index in [-0.39, 0.29) is 0 Å². The second-order valence-corrected chi connectivity index (χ2v) is 5.78. The summed E-state index contributed by atoms with van der Waals surface area (Å²) in [4.78, 5) is 10.3. The Bertz CT molecular complexity index is 425. The molecule has 0 spiro atoms. The average Bonchev–Trinajstić information content (AvgIpc) is 2.56. The molecule has 0 aliphatic heterocycles. The van der Waals surface area contributed by atoms with E-state index >= 15 is 0 Å². The fourth-order valence-corrected chi connectivity index (χ4v) is 2.06. The summed E-state index contributed by atoms with van der Waals surface area (Å²) in [6, 6.07) is 0. The van der Waals surface area contributed by atoms with Gasteiger partial charge in [-0.3, -0.25) is 4.79 Å². The van der Waals surface area contributed by atoms with Gasteiger partial charge >= 0.3 is 5.97 Å². The van der Waals surface area contributed by atoms with Crippen LogP contribution in [0.5, 0.6) is 0 Å². The van der Waals surface area contributed by atoms with Crippen LogP contribution >= 0.6 is 0 Å². The van der Waals surface area contributed by atoms with Gasteiger partial charge in [-0.1, -0.05) is 80.5 Å². The fourth-order valence-electron chi connectivity index (χ4n) is 2.06. The van der Waals surface area contributed by atoms with Crippen molar-refractivity contribution in [2.24, 2.45) is 0 Å². The predicted molar refractivity (Wildman–Crippen MR) is 105 cm³/mol. The molecule has 0 heterocycles. The van der Waals surface area contributed by atoms with Gasteiger partial charge in [0, 0.05) is 6.42 Å². The molecule has 0 fully saturated rings. The molecular formula is C22H34O2. The zero-order chi connectivity index (χ0) is 17.7. The van der Waals surface area contributed by atoms with Gasteiger partial charge in [0.05, 0.1) is 0 Å². The Labute approximate surface area is 148 Å². The molecule has 0 aromatic rings. The molecule has 0 saturated carbocycles. The number of aliphatic carboxylic acids is 1. The van der Waals surface area contributed by atoms with Crippen LogP contribution in [0.4, 0.5) is 0 Å². The molecule has 0 amide bonds. The maximum absolute atomic E-state index is 10.3. The van der Waals surface area contributed by atoms with Crippen molar-refractivity contribution in [3.05, 3.63) is 60.8 Å². The zero-order valence-corrected chi connectivity index (χ0v) is 15.2. The van der Waals surface area contributed by atoms with Crippen molar-refractivity contribution >= 4 is 5.97 Å². The van der Waals surface area contributed by atoms with Crippen LogP contribution in [-0.2, 0) is 4.79 Å². The van der Waals surface area contributed by atoms with E-state index in [0.717, 1.165) is 51.4 Å². The molecule has 0 aromatic carbocycles. The summed E-state index contributed by atoms with van der Waals surface area (Å²) in [5.74, 6) is -0.689. The number of allylic oxidation sites excluding steroid dienone is 10. The summed E-state index contributed by atoms with van der Waals surface area (Å²) in [5, 5.41) is 8.53. The van der Waals surface area contributed by atoms with Gasteiger partial charge in [-0.25, -0.2) is 0 Å². The normalized spacial score (nSPS) is 12.7. The van der Waals surface area contributed by atoms with Gasteiger partial charge in [0.15, 0.2) is 0 Å². The van der Waals surface area contributed by atoms with Crippen LogP contribution in [0.15, 0.2) is 60.8 Å². The summed E-state index contributed by atoms with van der Waals surface area (Å²) >= 11 is 0. The molecule has 0 aliphatic carbocycles. The van der Waals surface area contributed by atoms with E-state index in [4.69, 9.17) is 5.11 Å². The predicted octanol–water partition coefficient (Wildman–Crippen LogP) is 6.77. The third kappa shape index (κ3) is 20.2. The Morgan fingerprint density at radius 2 is 1.33 bits per heavy atom. The first-order valence-electron chi connectivity index (χ1n) is 9.27. The highest BCUT2D eigenvalue weighted by Crippen LogP contribution is 2.04. The van der Waals surface area contributed by atoms with Crippen molar-refractivity contribution in [2.45, 2.75) is 71.1 Å². The molecule has 0 rings (SSSR count). The first-order valence-corrected chi connectivity index (χ1v) is 9.27. The van der Waals surface area contributed by atoms with Gasteiger partial charge in [-0.05, 0) is 44.9 Å². The van der Waals surface area contributed by atoms with E-state index < -0.39 is 5.97 Å². The minimum Gasteiger partial charge on any atom is -0.481 e. The molecule has 134 valence electrons. The quantitative estimate of drug-likeness (QED) is 0.204. The second kappa shape index (κ2) is 19.2. The smallest absolute Gasteiger partial charge is 0.303 e. The van der Waals surface area contributed by atoms with Gasteiger partial charge in [0.2, 0.25) is 0 Å². The Hall–Kier alpha value is -1.83. The Kier molecular flexibility index (Phi) is 17.8. The van der Waals surface area contributed by atoms with Crippen LogP contribution in [0.1, 0.15) is 71.1 Å². The maximum atomic E-state index is 10.3. The largest absolute Gasteiger partial charge is 0.481 e. The standard InChI is InChI=1S/C22H34O2/c1-2-3-4-5-6-7-8-9-10-11-12-13-14-15-16-17-18-19-20-21-22(23)24/h4-9,12-13,15-16H,2-3,10-11,14,17-21H2,1H3,(H,23,24). The Morgan fingerprint density at radius 3 is 2.00 bits per heavy atom. The molecule has 0 aromatic heterocycles. The first kappa shape index (κ1) is 22.2. The maximum Gasteiger partial charge on any atom is 0.303 e. The van der Waals surface area contributed by atoms with Crippen molar-refractivity contribution < 1.29 is 9.90 Å². The van der Waals surface area contributed by atoms with Crippen molar-refractivity contribution in [3.63, 3.8) is 0 Å². The SMILES string of the molecule is CCCC=CC=CC=CCCC=CCC=CCCCCCC(=O)O. The number of carboxylic acids is 1. The first-order chi connectivity index (χ1) is 11.8. The molecule has 0 bridgehead atoms. The molecule has 0 atom stereocenters. The van der Waals surface area contributed by atoms with E-state index in [1.54, 1.807) is 0 Å². The van der Waals surface area contributed by atoms with Crippen molar-refractivity contribution in [3.8, 4) is 0 Å². The summed E-state index contributed by atoms with van der Waals surface area (Å²) in [5.41, 5.74) is 0. The highest BCUT2D eigenvalue weighted by atomic mass is 16.4. The molecule has 2 nitrogen and oxygen atoms in total. The number of carboxylic acid groups (broad SMARTS) is 1. The molecule has 24 heavy (non-hydrogen) atoms. The molecular weight excluding hydrogens is 296 g/mol. The van der Waals surface area contributed by atoms with Gasteiger partial charge in [-0.15, -0.1) is 0 Å². The second-order valence-electron chi connectivity index (χ2n) is 5.78. The molecule has 0 unspecified atom stereocenters. The van der Waals surface area contributed by atoms with Gasteiger partial charge in [0.25, 0.3) is 0 Å². The van der Waals surface area contributed by atoms with Crippen LogP contribution in [0.25, 0.3) is 0 Å². The number of hydrogen-bond acceptors (Lipinski definition) is 1. The van der Waals surface area contributed by atoms with Gasteiger partial charge in [0.1, 0.15) is 0 Å². The van der Waals surface area contributed by atoms with Crippen LogP contribution in [0.3, 0.4) is 0 Å². The minimum atomic E-state index is -0.689. The van der Waals surface area contributed by atoms with Gasteiger partial charge < -0.3 is 5.11 Å². The van der Waals surface area contributed by atoms with Crippen LogP contribution < -0.4 is 0 Å². The third-order valence-electron chi connectivity index (χ3n) is 3.43. The van der Waals surface area contributed by atoms with Crippen molar-refractivity contribution in [1.29, 1.82) is 0 Å². The van der Waals surface area contributed by atoms with E-state index in [0.29, 0.717) is 6.42 Å². The van der Waals surface area contributed by atoms with Crippen molar-refractivity contribution in [2.75, 3.05) is 0 Å². The lowest BCUT2D eigenvalue weighted by Crippen LogP contribution is -1.93. The lowest BCUT2D eigenvalue weighted by Gasteiger charge is -1.94. The fraction of sp³-hybridized carbons (Fsp3) is 0.500. The lowest BCUT2D eigenvalue weighted by atomic mass is 10.1. The van der Waals surface area contributed by atoms with E-state index in [1.807, 2.05) is 0 Å². The number of hydrogen-bond donors (Lipinski definition) is 1. The van der Waals surface area contributed by atoms with Crippen LogP contribution in [-0.4, -0.2) is 11.1 Å². The summed E-state index contributed by atoms with van der Waals surface area (Å²) in [7, 11) is 0. The van der Waals surface area contributed by atoms with Crippen molar-refractivity contribution in [1.82, 2.24) is 0 Å². The minimum absolute atomic E-state index is 0.298. The summed E-state index contributed by atoms with van der Waals surface area (Å²) in [6.07, 6.45) is 31.3. The molecule has 1 N–H and O–H groups in total. The monoisotopic (exact) mass is 330 g/mol. The van der Waals surface area contributed by atoms with E-state index in [9.17, 15) is 4.79 Å². The van der Waals surface area contributed by atoms with Crippen LogP contribution in [0, 0.1) is 0 Å². The van der Waals surface area contributed by atoms with E-state index in [2.05, 4.69) is 67.7 Å². The third-order valence-corrected chi connectivity index (χ3v) is 3.43. The molecule has 0 aliphatic rings. The molecule has 0 radical (unpaired) electrons. The van der Waals surface area contributed by atoms with Gasteiger partial charge in [-0.2, -0.15) is 0 Å². The number of carbonyl (C=O) groups is 1. The molecule has 2 heteroatoms. The zero-order valence-electron chi connectivity index (χ0n) is 15.2. The topological polar surface area (TPSA) is 37.3 Å². The molecule has 0 saturated heterocycles. The highest BCUT2D eigenvalue weighted by Gasteiger charge is 1.94. The van der Waals surface area contributed by atoms with Crippen LogP contribution in [0.2, 0.25) is 0 Å². The Morgan fingerprint density at radius 1 is 0.708 bits per heavy atom.